The van der Waals surface area contributed by atoms with Crippen LogP contribution < -0.4 is 10.2 Å². The highest BCUT2D eigenvalue weighted by Gasteiger charge is 2.21. The van der Waals surface area contributed by atoms with Crippen LogP contribution in [0.25, 0.3) is 0 Å². The van der Waals surface area contributed by atoms with Crippen LogP contribution in [-0.2, 0) is 11.3 Å². The van der Waals surface area contributed by atoms with E-state index in [1.807, 2.05) is 18.7 Å². The molecule has 1 N–H and O–H groups in total. The molecule has 1 amide bonds. The fourth-order valence-electron chi connectivity index (χ4n) is 3.19. The normalized spacial score (nSPS) is 14.7. The topological polar surface area (TPSA) is 61.6 Å². The third-order valence-corrected chi connectivity index (χ3v) is 4.82. The molecule has 2 heterocycles. The van der Waals surface area contributed by atoms with Crippen molar-refractivity contribution in [2.45, 2.75) is 26.8 Å². The summed E-state index contributed by atoms with van der Waals surface area (Å²) in [7, 11) is 0. The molecular weight excluding hydrogens is 335 g/mol. The Hall–Kier alpha value is -2.41. The van der Waals surface area contributed by atoms with Crippen LogP contribution in [0.15, 0.2) is 28.8 Å². The largest absolute Gasteiger partial charge is 0.368 e. The van der Waals surface area contributed by atoms with Crippen LogP contribution >= 0.6 is 0 Å². The van der Waals surface area contributed by atoms with E-state index in [-0.39, 0.29) is 11.7 Å². The lowest BCUT2D eigenvalue weighted by atomic mass is 10.2. The van der Waals surface area contributed by atoms with Crippen molar-refractivity contribution in [3.63, 3.8) is 0 Å². The van der Waals surface area contributed by atoms with E-state index < -0.39 is 0 Å². The lowest BCUT2D eigenvalue weighted by Crippen LogP contribution is -2.49. The van der Waals surface area contributed by atoms with Crippen molar-refractivity contribution in [1.82, 2.24) is 15.4 Å². The minimum absolute atomic E-state index is 0.162. The van der Waals surface area contributed by atoms with E-state index in [9.17, 15) is 9.18 Å². The van der Waals surface area contributed by atoms with Crippen molar-refractivity contribution in [2.24, 2.45) is 0 Å². The average molecular weight is 360 g/mol. The van der Waals surface area contributed by atoms with E-state index in [1.54, 1.807) is 12.1 Å². The summed E-state index contributed by atoms with van der Waals surface area (Å²) in [5.74, 6) is 0.750. The van der Waals surface area contributed by atoms with E-state index in [4.69, 9.17) is 4.52 Å². The molecule has 0 unspecified atom stereocenters. The molecule has 0 bridgehead atoms. The minimum atomic E-state index is -0.230. The molecule has 0 spiro atoms. The molecule has 26 heavy (non-hydrogen) atoms. The highest BCUT2D eigenvalue weighted by atomic mass is 19.1. The van der Waals surface area contributed by atoms with Crippen LogP contribution in [0.3, 0.4) is 0 Å². The Bertz CT molecular complexity index is 717. The van der Waals surface area contributed by atoms with Gasteiger partial charge in [-0.15, -0.1) is 0 Å². The number of anilines is 1. The molecule has 0 radical (unpaired) electrons. The number of aryl methyl sites for hydroxylation is 2. The first-order chi connectivity index (χ1) is 12.5. The van der Waals surface area contributed by atoms with Gasteiger partial charge >= 0.3 is 0 Å². The summed E-state index contributed by atoms with van der Waals surface area (Å²) in [5.41, 5.74) is 2.95. The maximum absolute atomic E-state index is 13.0. The van der Waals surface area contributed by atoms with Crippen molar-refractivity contribution in [3.8, 4) is 0 Å². The third kappa shape index (κ3) is 4.40. The zero-order valence-electron chi connectivity index (χ0n) is 15.3. The Morgan fingerprint density at radius 2 is 1.88 bits per heavy atom. The number of carbonyl (C=O) groups is 1. The van der Waals surface area contributed by atoms with E-state index in [0.29, 0.717) is 32.6 Å². The fraction of sp³-hybridized carbons (Fsp3) is 0.474. The molecule has 2 aromatic rings. The van der Waals surface area contributed by atoms with Gasteiger partial charge in [0.15, 0.2) is 0 Å². The van der Waals surface area contributed by atoms with E-state index >= 15 is 0 Å². The number of benzene rings is 1. The Morgan fingerprint density at radius 1 is 1.19 bits per heavy atom. The molecule has 7 heteroatoms. The molecule has 3 rings (SSSR count). The van der Waals surface area contributed by atoms with Gasteiger partial charge in [-0.2, -0.15) is 0 Å². The fourth-order valence-corrected chi connectivity index (χ4v) is 3.19. The van der Waals surface area contributed by atoms with Gasteiger partial charge < -0.3 is 19.6 Å². The Labute approximate surface area is 152 Å². The number of rotatable bonds is 6. The zero-order chi connectivity index (χ0) is 18.5. The Morgan fingerprint density at radius 3 is 2.50 bits per heavy atom. The number of hydrogen-bond donors (Lipinski definition) is 1. The summed E-state index contributed by atoms with van der Waals surface area (Å²) in [5, 5.41) is 7.21. The second kappa shape index (κ2) is 8.31. The van der Waals surface area contributed by atoms with Crippen LogP contribution in [-0.4, -0.2) is 48.7 Å². The Balaban J connectivity index is 1.39. The summed E-state index contributed by atoms with van der Waals surface area (Å²) in [6, 6.07) is 6.51. The predicted octanol–water partition coefficient (Wildman–Crippen LogP) is 2.26. The van der Waals surface area contributed by atoms with Gasteiger partial charge in [-0.25, -0.2) is 4.39 Å². The standard InChI is InChI=1S/C19H25FN4O2/c1-14-18(15(2)26-22-14)13-21-8-7-19(25)24-11-9-23(10-12-24)17-5-3-16(20)4-6-17/h3-6,21H,7-13H2,1-2H3. The van der Waals surface area contributed by atoms with Crippen LogP contribution in [0.4, 0.5) is 10.1 Å². The van der Waals surface area contributed by atoms with Gasteiger partial charge in [0.05, 0.1) is 5.69 Å². The molecule has 1 aromatic heterocycles. The lowest BCUT2D eigenvalue weighted by Gasteiger charge is -2.36. The van der Waals surface area contributed by atoms with Gasteiger partial charge in [-0.3, -0.25) is 4.79 Å². The molecule has 0 atom stereocenters. The van der Waals surface area contributed by atoms with Gasteiger partial charge in [0.2, 0.25) is 5.91 Å². The Kier molecular flexibility index (Phi) is 5.88. The quantitative estimate of drug-likeness (QED) is 0.801. The first kappa shape index (κ1) is 18.4. The number of carbonyl (C=O) groups excluding carboxylic acids is 1. The van der Waals surface area contributed by atoms with Crippen molar-refractivity contribution in [3.05, 3.63) is 47.1 Å². The van der Waals surface area contributed by atoms with Crippen molar-refractivity contribution in [2.75, 3.05) is 37.6 Å². The molecule has 1 saturated heterocycles. The minimum Gasteiger partial charge on any atom is -0.368 e. The van der Waals surface area contributed by atoms with E-state index in [1.165, 1.54) is 12.1 Å². The van der Waals surface area contributed by atoms with Gasteiger partial charge in [-0.05, 0) is 38.1 Å². The zero-order valence-corrected chi connectivity index (χ0v) is 15.3. The molecule has 0 aliphatic carbocycles. The molecule has 6 nitrogen and oxygen atoms in total. The van der Waals surface area contributed by atoms with Crippen LogP contribution in [0.1, 0.15) is 23.4 Å². The SMILES string of the molecule is Cc1noc(C)c1CNCCC(=O)N1CCN(c2ccc(F)cc2)CC1. The second-order valence-electron chi connectivity index (χ2n) is 6.57. The third-order valence-electron chi connectivity index (χ3n) is 4.82. The molecular formula is C19H25FN4O2. The summed E-state index contributed by atoms with van der Waals surface area (Å²) in [6.45, 7) is 8.02. The number of hydrogen-bond acceptors (Lipinski definition) is 5. The van der Waals surface area contributed by atoms with Crippen LogP contribution in [0, 0.1) is 19.7 Å². The first-order valence-corrected chi connectivity index (χ1v) is 8.95. The first-order valence-electron chi connectivity index (χ1n) is 8.95. The van der Waals surface area contributed by atoms with Crippen LogP contribution in [0.2, 0.25) is 0 Å². The predicted molar refractivity (Wildman–Crippen MR) is 97.5 cm³/mol. The maximum Gasteiger partial charge on any atom is 0.223 e. The molecule has 1 aliphatic rings. The molecule has 1 aliphatic heterocycles. The number of nitrogens with zero attached hydrogens (tertiary/aromatic N) is 3. The highest BCUT2D eigenvalue weighted by Crippen LogP contribution is 2.17. The monoisotopic (exact) mass is 360 g/mol. The van der Waals surface area contributed by atoms with Crippen molar-refractivity contribution in [1.29, 1.82) is 0 Å². The summed E-state index contributed by atoms with van der Waals surface area (Å²) in [4.78, 5) is 16.4. The number of nitrogens with one attached hydrogen (secondary N) is 1. The lowest BCUT2D eigenvalue weighted by molar-refractivity contribution is -0.131. The van der Waals surface area contributed by atoms with E-state index in [0.717, 1.165) is 35.8 Å². The summed E-state index contributed by atoms with van der Waals surface area (Å²) in [6.07, 6.45) is 0.472. The number of aromatic nitrogens is 1. The average Bonchev–Trinajstić information content (AvgIpc) is 2.97. The number of piperazine rings is 1. The number of amides is 1. The molecule has 1 aromatic carbocycles. The van der Waals surface area contributed by atoms with Crippen LogP contribution in [0.5, 0.6) is 0 Å². The summed E-state index contributed by atoms with van der Waals surface area (Å²) >= 11 is 0. The second-order valence-corrected chi connectivity index (χ2v) is 6.57. The van der Waals surface area contributed by atoms with Crippen molar-refractivity contribution >= 4 is 11.6 Å². The van der Waals surface area contributed by atoms with Gasteiger partial charge in [0, 0.05) is 56.9 Å². The number of halogens is 1. The van der Waals surface area contributed by atoms with Gasteiger partial charge in [-0.1, -0.05) is 5.16 Å². The molecule has 1 fully saturated rings. The highest BCUT2D eigenvalue weighted by molar-refractivity contribution is 5.76. The van der Waals surface area contributed by atoms with E-state index in [2.05, 4.69) is 15.4 Å². The molecule has 0 saturated carbocycles. The van der Waals surface area contributed by atoms with Gasteiger partial charge in [0.25, 0.3) is 0 Å². The van der Waals surface area contributed by atoms with Gasteiger partial charge in [0.1, 0.15) is 11.6 Å². The van der Waals surface area contributed by atoms with Crippen molar-refractivity contribution < 1.29 is 13.7 Å². The maximum atomic E-state index is 13.0. The smallest absolute Gasteiger partial charge is 0.223 e. The summed E-state index contributed by atoms with van der Waals surface area (Å²) < 4.78 is 18.1. The molecule has 140 valence electrons.